The summed E-state index contributed by atoms with van der Waals surface area (Å²) >= 11 is 6.29. The standard InChI is InChI=1S/C21H18ClN3O3/c1-23-20(26)21(27)25-24-12-14-9-10-19(18(22)11-14)28-13-16-7-4-6-15-5-2-3-8-17(15)16/h2-12H,13H2,1H3,(H,23,26)(H,25,27)/b24-12-. The molecule has 0 aliphatic rings. The fourth-order valence-corrected chi connectivity index (χ4v) is 2.86. The van der Waals surface area contributed by atoms with Gasteiger partial charge in [0.15, 0.2) is 0 Å². The molecule has 3 aromatic rings. The van der Waals surface area contributed by atoms with E-state index in [0.717, 1.165) is 16.3 Å². The molecule has 0 heterocycles. The minimum Gasteiger partial charge on any atom is -0.487 e. The number of rotatable bonds is 5. The number of hydrogen-bond donors (Lipinski definition) is 2. The summed E-state index contributed by atoms with van der Waals surface area (Å²) in [4.78, 5) is 22.4. The topological polar surface area (TPSA) is 79.8 Å². The van der Waals surface area contributed by atoms with Crippen molar-refractivity contribution in [2.24, 2.45) is 5.10 Å². The van der Waals surface area contributed by atoms with E-state index in [4.69, 9.17) is 16.3 Å². The third kappa shape index (κ3) is 4.66. The van der Waals surface area contributed by atoms with Gasteiger partial charge >= 0.3 is 11.8 Å². The molecule has 3 rings (SSSR count). The van der Waals surface area contributed by atoms with Gasteiger partial charge < -0.3 is 10.1 Å². The monoisotopic (exact) mass is 395 g/mol. The quantitative estimate of drug-likeness (QED) is 0.395. The Morgan fingerprint density at radius 2 is 1.86 bits per heavy atom. The van der Waals surface area contributed by atoms with Crippen molar-refractivity contribution < 1.29 is 14.3 Å². The predicted octanol–water partition coefficient (Wildman–Crippen LogP) is 3.27. The molecule has 142 valence electrons. The average molecular weight is 396 g/mol. The zero-order valence-corrected chi connectivity index (χ0v) is 15.9. The van der Waals surface area contributed by atoms with Gasteiger partial charge in [-0.15, -0.1) is 0 Å². The first-order valence-electron chi connectivity index (χ1n) is 8.52. The molecule has 0 aromatic heterocycles. The molecular weight excluding hydrogens is 378 g/mol. The number of amides is 2. The smallest absolute Gasteiger partial charge is 0.329 e. The van der Waals surface area contributed by atoms with E-state index in [1.165, 1.54) is 13.3 Å². The number of benzene rings is 3. The minimum atomic E-state index is -0.847. The van der Waals surface area contributed by atoms with Gasteiger partial charge in [-0.1, -0.05) is 54.1 Å². The second-order valence-corrected chi connectivity index (χ2v) is 6.30. The highest BCUT2D eigenvalue weighted by atomic mass is 35.5. The highest BCUT2D eigenvalue weighted by Gasteiger charge is 2.09. The molecule has 7 heteroatoms. The first-order chi connectivity index (χ1) is 13.6. The van der Waals surface area contributed by atoms with E-state index in [1.54, 1.807) is 18.2 Å². The van der Waals surface area contributed by atoms with Crippen molar-refractivity contribution >= 4 is 40.4 Å². The zero-order chi connectivity index (χ0) is 19.9. The van der Waals surface area contributed by atoms with Crippen LogP contribution in [-0.4, -0.2) is 25.1 Å². The molecule has 0 saturated heterocycles. The van der Waals surface area contributed by atoms with E-state index in [1.807, 2.05) is 24.3 Å². The number of carbonyl (C=O) groups excluding carboxylic acids is 2. The van der Waals surface area contributed by atoms with Gasteiger partial charge in [-0.05, 0) is 40.1 Å². The molecule has 0 bridgehead atoms. The van der Waals surface area contributed by atoms with Crippen molar-refractivity contribution in [1.29, 1.82) is 0 Å². The van der Waals surface area contributed by atoms with Crippen LogP contribution >= 0.6 is 11.6 Å². The SMILES string of the molecule is CNC(=O)C(=O)N/N=C\c1ccc(OCc2cccc3ccccc23)c(Cl)c1. The van der Waals surface area contributed by atoms with Gasteiger partial charge in [0.05, 0.1) is 11.2 Å². The second-order valence-electron chi connectivity index (χ2n) is 5.90. The van der Waals surface area contributed by atoms with E-state index >= 15 is 0 Å². The number of nitrogens with one attached hydrogen (secondary N) is 2. The van der Waals surface area contributed by atoms with Gasteiger partial charge in [0.2, 0.25) is 0 Å². The number of ether oxygens (including phenoxy) is 1. The fraction of sp³-hybridized carbons (Fsp3) is 0.0952. The molecule has 28 heavy (non-hydrogen) atoms. The third-order valence-corrected chi connectivity index (χ3v) is 4.33. The number of halogens is 1. The third-order valence-electron chi connectivity index (χ3n) is 4.03. The summed E-state index contributed by atoms with van der Waals surface area (Å²) in [5, 5.41) is 8.64. The van der Waals surface area contributed by atoms with Crippen LogP contribution in [-0.2, 0) is 16.2 Å². The van der Waals surface area contributed by atoms with Crippen LogP contribution in [0.1, 0.15) is 11.1 Å². The molecule has 0 aliphatic heterocycles. The summed E-state index contributed by atoms with van der Waals surface area (Å²) in [6, 6.07) is 19.3. The van der Waals surface area contributed by atoms with Crippen LogP contribution < -0.4 is 15.5 Å². The summed E-state index contributed by atoms with van der Waals surface area (Å²) in [6.07, 6.45) is 1.39. The van der Waals surface area contributed by atoms with E-state index in [2.05, 4.69) is 34.0 Å². The normalized spacial score (nSPS) is 10.8. The van der Waals surface area contributed by atoms with Crippen LogP contribution in [0.5, 0.6) is 5.75 Å². The minimum absolute atomic E-state index is 0.386. The molecule has 0 aliphatic carbocycles. The number of likely N-dealkylation sites (N-methyl/N-ethyl adjacent to an activating group) is 1. The highest BCUT2D eigenvalue weighted by Crippen LogP contribution is 2.27. The highest BCUT2D eigenvalue weighted by molar-refractivity contribution is 6.35. The van der Waals surface area contributed by atoms with Gasteiger partial charge in [-0.2, -0.15) is 5.10 Å². The Hall–Kier alpha value is -3.38. The first-order valence-corrected chi connectivity index (χ1v) is 8.90. The molecule has 0 fully saturated rings. The summed E-state index contributed by atoms with van der Waals surface area (Å²) < 4.78 is 5.88. The predicted molar refractivity (Wildman–Crippen MR) is 110 cm³/mol. The Bertz CT molecular complexity index is 1040. The van der Waals surface area contributed by atoms with Gasteiger partial charge in [-0.3, -0.25) is 9.59 Å². The summed E-state index contributed by atoms with van der Waals surface area (Å²) in [7, 11) is 1.36. The Labute approximate surface area is 167 Å². The number of nitrogens with zero attached hydrogens (tertiary/aromatic N) is 1. The van der Waals surface area contributed by atoms with E-state index in [-0.39, 0.29) is 0 Å². The van der Waals surface area contributed by atoms with Gasteiger partial charge in [0.1, 0.15) is 12.4 Å². The van der Waals surface area contributed by atoms with E-state index in [0.29, 0.717) is 22.9 Å². The van der Waals surface area contributed by atoms with Gasteiger partial charge in [0, 0.05) is 7.05 Å². The van der Waals surface area contributed by atoms with Crippen molar-refractivity contribution in [3.63, 3.8) is 0 Å². The molecule has 0 atom stereocenters. The van der Waals surface area contributed by atoms with Crippen LogP contribution in [0.3, 0.4) is 0 Å². The molecular formula is C21H18ClN3O3. The largest absolute Gasteiger partial charge is 0.487 e. The Morgan fingerprint density at radius 3 is 2.64 bits per heavy atom. The molecule has 0 saturated carbocycles. The maximum Gasteiger partial charge on any atom is 0.329 e. The van der Waals surface area contributed by atoms with Crippen LogP contribution in [0.2, 0.25) is 5.02 Å². The van der Waals surface area contributed by atoms with Crippen molar-refractivity contribution in [2.75, 3.05) is 7.05 Å². The molecule has 0 spiro atoms. The summed E-state index contributed by atoms with van der Waals surface area (Å²) in [6.45, 7) is 0.386. The second kappa shape index (κ2) is 9.01. The van der Waals surface area contributed by atoms with Crippen LogP contribution in [0.4, 0.5) is 0 Å². The Kier molecular flexibility index (Phi) is 6.24. The van der Waals surface area contributed by atoms with Crippen molar-refractivity contribution in [3.05, 3.63) is 76.8 Å². The lowest BCUT2D eigenvalue weighted by atomic mass is 10.1. The Balaban J connectivity index is 1.66. The molecule has 2 amide bonds. The molecule has 0 radical (unpaired) electrons. The lowest BCUT2D eigenvalue weighted by Gasteiger charge is -2.11. The summed E-state index contributed by atoms with van der Waals surface area (Å²) in [5.41, 5.74) is 3.84. The molecule has 2 N–H and O–H groups in total. The number of fused-ring (bicyclic) bond motifs is 1. The summed E-state index contributed by atoms with van der Waals surface area (Å²) in [5.74, 6) is -1.08. The zero-order valence-electron chi connectivity index (χ0n) is 15.1. The fourth-order valence-electron chi connectivity index (χ4n) is 2.62. The number of carbonyl (C=O) groups is 2. The van der Waals surface area contributed by atoms with Crippen LogP contribution in [0.15, 0.2) is 65.8 Å². The number of hydrazone groups is 1. The lowest BCUT2D eigenvalue weighted by molar-refractivity contribution is -0.138. The number of hydrogen-bond acceptors (Lipinski definition) is 4. The Morgan fingerprint density at radius 1 is 1.07 bits per heavy atom. The van der Waals surface area contributed by atoms with Gasteiger partial charge in [0.25, 0.3) is 0 Å². The van der Waals surface area contributed by atoms with Crippen molar-refractivity contribution in [2.45, 2.75) is 6.61 Å². The maximum atomic E-state index is 11.3. The first kappa shape index (κ1) is 19.4. The van der Waals surface area contributed by atoms with E-state index in [9.17, 15) is 9.59 Å². The molecule has 3 aromatic carbocycles. The van der Waals surface area contributed by atoms with Crippen molar-refractivity contribution in [3.8, 4) is 5.75 Å². The maximum absolute atomic E-state index is 11.3. The van der Waals surface area contributed by atoms with Crippen LogP contribution in [0.25, 0.3) is 10.8 Å². The van der Waals surface area contributed by atoms with Crippen molar-refractivity contribution in [1.82, 2.24) is 10.7 Å². The average Bonchev–Trinajstić information content (AvgIpc) is 2.72. The lowest BCUT2D eigenvalue weighted by Crippen LogP contribution is -2.35. The van der Waals surface area contributed by atoms with Gasteiger partial charge in [-0.25, -0.2) is 5.43 Å². The molecule has 0 unspecified atom stereocenters. The van der Waals surface area contributed by atoms with E-state index < -0.39 is 11.8 Å². The molecule has 6 nitrogen and oxygen atoms in total. The van der Waals surface area contributed by atoms with Crippen LogP contribution in [0, 0.1) is 0 Å².